The van der Waals surface area contributed by atoms with Crippen LogP contribution in [0.15, 0.2) is 29.6 Å². The molecule has 1 aromatic carbocycles. The van der Waals surface area contributed by atoms with Crippen molar-refractivity contribution in [2.75, 3.05) is 7.05 Å². The highest BCUT2D eigenvalue weighted by Crippen LogP contribution is 2.20. The van der Waals surface area contributed by atoms with E-state index in [1.54, 1.807) is 11.3 Å². The maximum atomic E-state index is 12.9. The van der Waals surface area contributed by atoms with Gasteiger partial charge in [0, 0.05) is 23.5 Å². The molecular weight excluding hydrogens is 235 g/mol. The zero-order valence-electron chi connectivity index (χ0n) is 9.90. The van der Waals surface area contributed by atoms with Gasteiger partial charge in [-0.2, -0.15) is 0 Å². The number of halogens is 1. The summed E-state index contributed by atoms with van der Waals surface area (Å²) >= 11 is 1.67. The van der Waals surface area contributed by atoms with Crippen LogP contribution in [0.2, 0.25) is 0 Å². The van der Waals surface area contributed by atoms with Crippen molar-refractivity contribution in [1.29, 1.82) is 0 Å². The summed E-state index contributed by atoms with van der Waals surface area (Å²) in [5.41, 5.74) is 2.14. The molecule has 17 heavy (non-hydrogen) atoms. The highest BCUT2D eigenvalue weighted by atomic mass is 32.1. The van der Waals surface area contributed by atoms with Crippen LogP contribution in [-0.4, -0.2) is 12.0 Å². The molecule has 0 spiro atoms. The Morgan fingerprint density at radius 2 is 2.06 bits per heavy atom. The molecule has 0 aliphatic heterocycles. The SMILES string of the molecule is CNC(Cc1nc(C)cs1)c1ccc(F)cc1. The van der Waals surface area contributed by atoms with E-state index in [1.165, 1.54) is 12.1 Å². The number of rotatable bonds is 4. The Bertz CT molecular complexity index is 478. The monoisotopic (exact) mass is 250 g/mol. The van der Waals surface area contributed by atoms with Crippen LogP contribution < -0.4 is 5.32 Å². The average molecular weight is 250 g/mol. The average Bonchev–Trinajstić information content (AvgIpc) is 2.73. The Morgan fingerprint density at radius 3 is 2.59 bits per heavy atom. The van der Waals surface area contributed by atoms with Gasteiger partial charge in [-0.05, 0) is 31.7 Å². The van der Waals surface area contributed by atoms with Gasteiger partial charge in [0.1, 0.15) is 5.82 Å². The fourth-order valence-corrected chi connectivity index (χ4v) is 2.57. The Hall–Kier alpha value is -1.26. The third-order valence-electron chi connectivity index (χ3n) is 2.67. The summed E-state index contributed by atoms with van der Waals surface area (Å²) in [5, 5.41) is 6.39. The predicted molar refractivity (Wildman–Crippen MR) is 68.8 cm³/mol. The molecule has 2 aromatic rings. The molecule has 1 heterocycles. The number of likely N-dealkylation sites (N-methyl/N-ethyl adjacent to an activating group) is 1. The molecule has 1 unspecified atom stereocenters. The fourth-order valence-electron chi connectivity index (χ4n) is 1.75. The van der Waals surface area contributed by atoms with Gasteiger partial charge in [0.25, 0.3) is 0 Å². The molecule has 0 radical (unpaired) electrons. The number of hydrogen-bond donors (Lipinski definition) is 1. The lowest BCUT2D eigenvalue weighted by atomic mass is 10.0. The summed E-state index contributed by atoms with van der Waals surface area (Å²) in [6.07, 6.45) is 0.834. The zero-order chi connectivity index (χ0) is 12.3. The molecule has 2 nitrogen and oxygen atoms in total. The van der Waals surface area contributed by atoms with Crippen molar-refractivity contribution in [1.82, 2.24) is 10.3 Å². The minimum atomic E-state index is -0.200. The first-order valence-corrected chi connectivity index (χ1v) is 6.40. The molecular formula is C13H15FN2S. The first-order valence-electron chi connectivity index (χ1n) is 5.53. The van der Waals surface area contributed by atoms with E-state index >= 15 is 0 Å². The van der Waals surface area contributed by atoms with Crippen molar-refractivity contribution >= 4 is 11.3 Å². The number of nitrogens with one attached hydrogen (secondary N) is 1. The van der Waals surface area contributed by atoms with E-state index in [4.69, 9.17) is 0 Å². The van der Waals surface area contributed by atoms with Crippen LogP contribution in [0.25, 0.3) is 0 Å². The van der Waals surface area contributed by atoms with Crippen LogP contribution in [0.1, 0.15) is 22.3 Å². The molecule has 1 atom stereocenters. The van der Waals surface area contributed by atoms with Crippen molar-refractivity contribution in [3.8, 4) is 0 Å². The van der Waals surface area contributed by atoms with Crippen molar-refractivity contribution in [3.63, 3.8) is 0 Å². The van der Waals surface area contributed by atoms with E-state index in [-0.39, 0.29) is 11.9 Å². The van der Waals surface area contributed by atoms with Crippen molar-refractivity contribution < 1.29 is 4.39 Å². The van der Waals surface area contributed by atoms with Crippen molar-refractivity contribution in [3.05, 3.63) is 51.7 Å². The Kier molecular flexibility index (Phi) is 3.86. The second kappa shape index (κ2) is 5.38. The Labute approximate surface area is 105 Å². The van der Waals surface area contributed by atoms with Gasteiger partial charge in [-0.1, -0.05) is 12.1 Å². The molecule has 0 fully saturated rings. The lowest BCUT2D eigenvalue weighted by Crippen LogP contribution is -2.18. The molecule has 1 N–H and O–H groups in total. The van der Waals surface area contributed by atoms with Gasteiger partial charge in [-0.15, -0.1) is 11.3 Å². The van der Waals surface area contributed by atoms with Gasteiger partial charge >= 0.3 is 0 Å². The van der Waals surface area contributed by atoms with Crippen LogP contribution >= 0.6 is 11.3 Å². The number of nitrogens with zero attached hydrogens (tertiary/aromatic N) is 1. The molecule has 1 aromatic heterocycles. The first-order chi connectivity index (χ1) is 8.19. The lowest BCUT2D eigenvalue weighted by molar-refractivity contribution is 0.584. The molecule has 0 amide bonds. The molecule has 4 heteroatoms. The third kappa shape index (κ3) is 3.11. The topological polar surface area (TPSA) is 24.9 Å². The maximum Gasteiger partial charge on any atom is 0.123 e. The first kappa shape index (κ1) is 12.2. The van der Waals surface area contributed by atoms with Gasteiger partial charge in [0.15, 0.2) is 0 Å². The smallest absolute Gasteiger partial charge is 0.123 e. The Balaban J connectivity index is 2.13. The summed E-state index contributed by atoms with van der Waals surface area (Å²) < 4.78 is 12.9. The van der Waals surface area contributed by atoms with Crippen LogP contribution in [0, 0.1) is 12.7 Å². The van der Waals surface area contributed by atoms with E-state index in [0.29, 0.717) is 0 Å². The van der Waals surface area contributed by atoms with Crippen molar-refractivity contribution in [2.24, 2.45) is 0 Å². The Morgan fingerprint density at radius 1 is 1.35 bits per heavy atom. The van der Waals surface area contributed by atoms with E-state index in [9.17, 15) is 4.39 Å². The number of aromatic nitrogens is 1. The van der Waals surface area contributed by atoms with Gasteiger partial charge in [0.05, 0.1) is 5.01 Å². The van der Waals surface area contributed by atoms with Crippen LogP contribution in [0.5, 0.6) is 0 Å². The molecule has 0 aliphatic carbocycles. The van der Waals surface area contributed by atoms with Gasteiger partial charge < -0.3 is 5.32 Å². The second-order valence-electron chi connectivity index (χ2n) is 3.98. The van der Waals surface area contributed by atoms with Crippen LogP contribution in [0.4, 0.5) is 4.39 Å². The third-order valence-corrected chi connectivity index (χ3v) is 3.66. The molecule has 0 aliphatic rings. The molecule has 0 saturated heterocycles. The molecule has 2 rings (SSSR count). The number of hydrogen-bond acceptors (Lipinski definition) is 3. The van der Waals surface area contributed by atoms with Crippen LogP contribution in [-0.2, 0) is 6.42 Å². The fraction of sp³-hybridized carbons (Fsp3) is 0.308. The number of thiazole rings is 1. The molecule has 0 bridgehead atoms. The highest BCUT2D eigenvalue weighted by molar-refractivity contribution is 7.09. The van der Waals surface area contributed by atoms with Crippen LogP contribution in [0.3, 0.4) is 0 Å². The largest absolute Gasteiger partial charge is 0.313 e. The van der Waals surface area contributed by atoms with Gasteiger partial charge in [-0.25, -0.2) is 9.37 Å². The minimum Gasteiger partial charge on any atom is -0.313 e. The number of aryl methyl sites for hydroxylation is 1. The second-order valence-corrected chi connectivity index (χ2v) is 4.92. The molecule has 90 valence electrons. The molecule has 0 saturated carbocycles. The lowest BCUT2D eigenvalue weighted by Gasteiger charge is -2.15. The standard InChI is InChI=1S/C13H15FN2S/c1-9-8-17-13(16-9)7-12(15-2)10-3-5-11(14)6-4-10/h3-6,8,12,15H,7H2,1-2H3. The number of benzene rings is 1. The quantitative estimate of drug-likeness (QED) is 0.902. The summed E-state index contributed by atoms with van der Waals surface area (Å²) in [6, 6.07) is 6.80. The minimum absolute atomic E-state index is 0.182. The summed E-state index contributed by atoms with van der Waals surface area (Å²) in [7, 11) is 1.91. The van der Waals surface area contributed by atoms with Crippen molar-refractivity contribution in [2.45, 2.75) is 19.4 Å². The normalized spacial score (nSPS) is 12.6. The summed E-state index contributed by atoms with van der Waals surface area (Å²) in [6.45, 7) is 1.99. The van der Waals surface area contributed by atoms with E-state index in [1.807, 2.05) is 31.5 Å². The predicted octanol–water partition coefficient (Wildman–Crippen LogP) is 3.09. The summed E-state index contributed by atoms with van der Waals surface area (Å²) in [5.74, 6) is -0.200. The zero-order valence-corrected chi connectivity index (χ0v) is 10.7. The highest BCUT2D eigenvalue weighted by Gasteiger charge is 2.12. The maximum absolute atomic E-state index is 12.9. The van der Waals surface area contributed by atoms with E-state index in [2.05, 4.69) is 10.3 Å². The van der Waals surface area contributed by atoms with E-state index in [0.717, 1.165) is 22.7 Å². The summed E-state index contributed by atoms with van der Waals surface area (Å²) in [4.78, 5) is 4.45. The van der Waals surface area contributed by atoms with Gasteiger partial charge in [-0.3, -0.25) is 0 Å². The van der Waals surface area contributed by atoms with E-state index < -0.39 is 0 Å². The van der Waals surface area contributed by atoms with Gasteiger partial charge in [0.2, 0.25) is 0 Å².